The summed E-state index contributed by atoms with van der Waals surface area (Å²) in [6.45, 7) is 15.9. The third kappa shape index (κ3) is 4.83. The fourth-order valence-electron chi connectivity index (χ4n) is 3.42. The lowest BCUT2D eigenvalue weighted by Crippen LogP contribution is -2.28. The number of nitrogens with zero attached hydrogens (tertiary/aromatic N) is 1. The molecule has 2 rings (SSSR count). The molecule has 1 aliphatic heterocycles. The molecule has 1 heteroatoms. The highest BCUT2D eigenvalue weighted by molar-refractivity contribution is 5.68. The molecule has 24 heavy (non-hydrogen) atoms. The quantitative estimate of drug-likeness (QED) is 0.562. The number of allylic oxidation sites excluding steroid dienone is 4. The molecule has 0 aliphatic carbocycles. The van der Waals surface area contributed by atoms with Gasteiger partial charge in [0.05, 0.1) is 0 Å². The second-order valence-corrected chi connectivity index (χ2v) is 8.28. The Kier molecular flexibility index (Phi) is 6.46. The van der Waals surface area contributed by atoms with Gasteiger partial charge in [0.2, 0.25) is 0 Å². The first-order valence-corrected chi connectivity index (χ1v) is 9.51. The lowest BCUT2D eigenvalue weighted by atomic mass is 9.87. The van der Waals surface area contributed by atoms with Crippen LogP contribution in [0.3, 0.4) is 0 Å². The second kappa shape index (κ2) is 8.16. The third-order valence-electron chi connectivity index (χ3n) is 5.55. The third-order valence-corrected chi connectivity index (χ3v) is 5.55. The lowest BCUT2D eigenvalue weighted by Gasteiger charge is -2.24. The Morgan fingerprint density at radius 1 is 1.17 bits per heavy atom. The van der Waals surface area contributed by atoms with Gasteiger partial charge in [-0.05, 0) is 61.8 Å². The molecule has 0 spiro atoms. The van der Waals surface area contributed by atoms with Crippen molar-refractivity contribution in [2.75, 3.05) is 6.54 Å². The average molecular weight is 326 g/mol. The van der Waals surface area contributed by atoms with E-state index in [1.165, 1.54) is 48.1 Å². The SMILES string of the molecule is CCC1CCCN1Cc1ccccc1/C(C)=C/C=C(\C)C(C)(C)C. The number of benzene rings is 1. The minimum absolute atomic E-state index is 0.236. The number of rotatable bonds is 5. The molecule has 0 N–H and O–H groups in total. The van der Waals surface area contributed by atoms with Crippen molar-refractivity contribution in [3.05, 3.63) is 53.1 Å². The molecule has 0 amide bonds. The second-order valence-electron chi connectivity index (χ2n) is 8.28. The van der Waals surface area contributed by atoms with Gasteiger partial charge in [0.1, 0.15) is 0 Å². The predicted molar refractivity (Wildman–Crippen MR) is 107 cm³/mol. The molecule has 0 aromatic heterocycles. The van der Waals surface area contributed by atoms with Crippen LogP contribution in [0.5, 0.6) is 0 Å². The van der Waals surface area contributed by atoms with E-state index in [0.29, 0.717) is 0 Å². The van der Waals surface area contributed by atoms with Gasteiger partial charge in [-0.3, -0.25) is 4.90 Å². The maximum absolute atomic E-state index is 2.67. The van der Waals surface area contributed by atoms with Gasteiger partial charge in [-0.1, -0.05) is 69.7 Å². The Morgan fingerprint density at radius 2 is 1.88 bits per heavy atom. The zero-order chi connectivity index (χ0) is 17.7. The fourth-order valence-corrected chi connectivity index (χ4v) is 3.42. The molecule has 1 aromatic rings. The Balaban J connectivity index is 2.22. The smallest absolute Gasteiger partial charge is 0.0242 e. The van der Waals surface area contributed by atoms with E-state index < -0.39 is 0 Å². The van der Waals surface area contributed by atoms with Crippen LogP contribution in [0.4, 0.5) is 0 Å². The standard InChI is InChI=1S/C23H35N/c1-7-21-12-10-16-24(21)17-20-11-8-9-13-22(20)18(2)14-15-19(3)23(4,5)6/h8-9,11,13-15,21H,7,10,12,16-17H2,1-6H3/b18-14+,19-15+. The van der Waals surface area contributed by atoms with Gasteiger partial charge in [-0.2, -0.15) is 0 Å². The minimum Gasteiger partial charge on any atom is -0.296 e. The van der Waals surface area contributed by atoms with Crippen molar-refractivity contribution in [2.24, 2.45) is 5.41 Å². The summed E-state index contributed by atoms with van der Waals surface area (Å²) >= 11 is 0. The van der Waals surface area contributed by atoms with Crippen molar-refractivity contribution in [1.82, 2.24) is 4.90 Å². The first-order valence-electron chi connectivity index (χ1n) is 9.51. The summed E-state index contributed by atoms with van der Waals surface area (Å²) in [6, 6.07) is 9.69. The maximum atomic E-state index is 2.67. The van der Waals surface area contributed by atoms with Crippen molar-refractivity contribution < 1.29 is 0 Å². The van der Waals surface area contributed by atoms with E-state index in [1.807, 2.05) is 0 Å². The van der Waals surface area contributed by atoms with Crippen molar-refractivity contribution in [3.63, 3.8) is 0 Å². The molecular weight excluding hydrogens is 290 g/mol. The summed E-state index contributed by atoms with van der Waals surface area (Å²) in [7, 11) is 0. The molecule has 1 nitrogen and oxygen atoms in total. The summed E-state index contributed by atoms with van der Waals surface area (Å²) < 4.78 is 0. The van der Waals surface area contributed by atoms with E-state index in [1.54, 1.807) is 0 Å². The van der Waals surface area contributed by atoms with E-state index in [9.17, 15) is 0 Å². The average Bonchev–Trinajstić information content (AvgIpc) is 2.99. The van der Waals surface area contributed by atoms with E-state index in [4.69, 9.17) is 0 Å². The Morgan fingerprint density at radius 3 is 2.54 bits per heavy atom. The first kappa shape index (κ1) is 19.0. The van der Waals surface area contributed by atoms with Crippen LogP contribution in [0, 0.1) is 5.41 Å². The van der Waals surface area contributed by atoms with Crippen molar-refractivity contribution in [2.45, 2.75) is 73.4 Å². The van der Waals surface area contributed by atoms with Gasteiger partial charge in [0, 0.05) is 12.6 Å². The van der Waals surface area contributed by atoms with Crippen molar-refractivity contribution in [1.29, 1.82) is 0 Å². The molecule has 1 saturated heterocycles. The van der Waals surface area contributed by atoms with Crippen LogP contribution in [0.15, 0.2) is 42.0 Å². The monoisotopic (exact) mass is 325 g/mol. The van der Waals surface area contributed by atoms with E-state index >= 15 is 0 Å². The van der Waals surface area contributed by atoms with Crippen molar-refractivity contribution in [3.8, 4) is 0 Å². The highest BCUT2D eigenvalue weighted by Gasteiger charge is 2.23. The zero-order valence-corrected chi connectivity index (χ0v) is 16.5. The van der Waals surface area contributed by atoms with Crippen LogP contribution in [0.1, 0.15) is 71.9 Å². The summed E-state index contributed by atoms with van der Waals surface area (Å²) in [6.07, 6.45) is 8.56. The van der Waals surface area contributed by atoms with Crippen LogP contribution in [0.2, 0.25) is 0 Å². The normalized spacial score (nSPS) is 20.7. The largest absolute Gasteiger partial charge is 0.296 e. The van der Waals surface area contributed by atoms with Crippen LogP contribution in [-0.4, -0.2) is 17.5 Å². The van der Waals surface area contributed by atoms with Gasteiger partial charge >= 0.3 is 0 Å². The molecule has 1 heterocycles. The molecule has 132 valence electrons. The summed E-state index contributed by atoms with van der Waals surface area (Å²) in [5.74, 6) is 0. The van der Waals surface area contributed by atoms with Crippen LogP contribution in [-0.2, 0) is 6.54 Å². The molecule has 0 radical (unpaired) electrons. The first-order chi connectivity index (χ1) is 11.3. The molecular formula is C23H35N. The molecule has 1 fully saturated rings. The van der Waals surface area contributed by atoms with Crippen LogP contribution < -0.4 is 0 Å². The Labute approximate surface area is 149 Å². The highest BCUT2D eigenvalue weighted by Crippen LogP contribution is 2.28. The highest BCUT2D eigenvalue weighted by atomic mass is 15.2. The van der Waals surface area contributed by atoms with E-state index in [-0.39, 0.29) is 5.41 Å². The topological polar surface area (TPSA) is 3.24 Å². The summed E-state index contributed by atoms with van der Waals surface area (Å²) in [5.41, 5.74) is 5.89. The zero-order valence-electron chi connectivity index (χ0n) is 16.5. The predicted octanol–water partition coefficient (Wildman–Crippen LogP) is 6.46. The number of likely N-dealkylation sites (tertiary alicyclic amines) is 1. The Hall–Kier alpha value is -1.34. The summed E-state index contributed by atoms with van der Waals surface area (Å²) in [5, 5.41) is 0. The van der Waals surface area contributed by atoms with Gasteiger partial charge in [-0.15, -0.1) is 0 Å². The van der Waals surface area contributed by atoms with Crippen LogP contribution >= 0.6 is 0 Å². The van der Waals surface area contributed by atoms with Gasteiger partial charge in [-0.25, -0.2) is 0 Å². The van der Waals surface area contributed by atoms with E-state index in [0.717, 1.165) is 12.6 Å². The number of hydrogen-bond acceptors (Lipinski definition) is 1. The molecule has 1 aromatic carbocycles. The maximum Gasteiger partial charge on any atom is 0.0242 e. The summed E-state index contributed by atoms with van der Waals surface area (Å²) in [4.78, 5) is 2.67. The van der Waals surface area contributed by atoms with Crippen LogP contribution in [0.25, 0.3) is 5.57 Å². The fraction of sp³-hybridized carbons (Fsp3) is 0.565. The van der Waals surface area contributed by atoms with Gasteiger partial charge in [0.15, 0.2) is 0 Å². The van der Waals surface area contributed by atoms with Gasteiger partial charge in [0.25, 0.3) is 0 Å². The molecule has 0 bridgehead atoms. The van der Waals surface area contributed by atoms with Gasteiger partial charge < -0.3 is 0 Å². The molecule has 1 atom stereocenters. The molecule has 1 aliphatic rings. The minimum atomic E-state index is 0.236. The molecule has 1 unspecified atom stereocenters. The van der Waals surface area contributed by atoms with E-state index in [2.05, 4.69) is 82.9 Å². The lowest BCUT2D eigenvalue weighted by molar-refractivity contribution is 0.240. The van der Waals surface area contributed by atoms with Crippen molar-refractivity contribution >= 4 is 5.57 Å². The molecule has 0 saturated carbocycles. The number of hydrogen-bond donors (Lipinski definition) is 0. The Bertz CT molecular complexity index is 601.